The Kier molecular flexibility index (Phi) is 3.68. The van der Waals surface area contributed by atoms with Gasteiger partial charge in [-0.1, -0.05) is 12.1 Å². The lowest BCUT2D eigenvalue weighted by molar-refractivity contribution is 0.465. The smallest absolute Gasteiger partial charge is 0.246 e. The van der Waals surface area contributed by atoms with E-state index in [4.69, 9.17) is 0 Å². The Morgan fingerprint density at radius 3 is 2.74 bits per heavy atom. The molecule has 0 aliphatic carbocycles. The van der Waals surface area contributed by atoms with E-state index in [0.29, 0.717) is 5.56 Å². The molecule has 2 rings (SSSR count). The molecule has 0 fully saturated rings. The lowest BCUT2D eigenvalue weighted by Crippen LogP contribution is -2.26. The van der Waals surface area contributed by atoms with E-state index >= 15 is 0 Å². The van der Waals surface area contributed by atoms with E-state index in [1.807, 2.05) is 0 Å². The van der Waals surface area contributed by atoms with Crippen molar-refractivity contribution >= 4 is 10.0 Å². The average Bonchev–Trinajstić information content (AvgIpc) is 2.76. The zero-order chi connectivity index (χ0) is 14.0. The molecule has 0 amide bonds. The number of nitrogens with zero attached hydrogens (tertiary/aromatic N) is 3. The van der Waals surface area contributed by atoms with Gasteiger partial charge in [-0.3, -0.25) is 4.68 Å². The summed E-state index contributed by atoms with van der Waals surface area (Å²) in [6.45, 7) is 0.106. The van der Waals surface area contributed by atoms with Gasteiger partial charge in [0.15, 0.2) is 0 Å². The van der Waals surface area contributed by atoms with Crippen molar-refractivity contribution in [1.29, 1.82) is 0 Å². The number of hydrogen-bond acceptors (Lipinski definition) is 3. The summed E-state index contributed by atoms with van der Waals surface area (Å²) in [5, 5.41) is 3.84. The highest BCUT2D eigenvalue weighted by Crippen LogP contribution is 2.16. The molecular weight excluding hydrogens is 269 g/mol. The second-order valence-corrected chi connectivity index (χ2v) is 6.29. The molecule has 0 aliphatic rings. The zero-order valence-electron chi connectivity index (χ0n) is 10.6. The first kappa shape index (κ1) is 13.7. The number of halogens is 1. The van der Waals surface area contributed by atoms with Crippen molar-refractivity contribution in [3.05, 3.63) is 48.0 Å². The Morgan fingerprint density at radius 1 is 1.42 bits per heavy atom. The van der Waals surface area contributed by atoms with E-state index in [1.54, 1.807) is 19.2 Å². The number of aryl methyl sites for hydroxylation is 1. The molecule has 0 aliphatic heterocycles. The SMILES string of the molecule is CN(Cc1cccc(F)c1)S(=O)(=O)c1cnn(C)c1. The summed E-state index contributed by atoms with van der Waals surface area (Å²) in [6.07, 6.45) is 2.72. The molecular formula is C12H14FN3O2S. The van der Waals surface area contributed by atoms with Crippen LogP contribution >= 0.6 is 0 Å². The standard InChI is InChI=1S/C12H14FN3O2S/c1-15-9-12(7-14-15)19(17,18)16(2)8-10-4-3-5-11(13)6-10/h3-7,9H,8H2,1-2H3. The molecule has 0 atom stereocenters. The molecule has 7 heteroatoms. The number of benzene rings is 1. The van der Waals surface area contributed by atoms with Gasteiger partial charge in [-0.15, -0.1) is 0 Å². The van der Waals surface area contributed by atoms with Gasteiger partial charge in [-0.05, 0) is 17.7 Å². The molecule has 0 unspecified atom stereocenters. The van der Waals surface area contributed by atoms with E-state index in [1.165, 1.54) is 40.6 Å². The van der Waals surface area contributed by atoms with Crippen LogP contribution in [0.5, 0.6) is 0 Å². The Hall–Kier alpha value is -1.73. The molecule has 1 heterocycles. The molecule has 0 spiro atoms. The fraction of sp³-hybridized carbons (Fsp3) is 0.250. The van der Waals surface area contributed by atoms with Crippen LogP contribution in [0.15, 0.2) is 41.6 Å². The molecule has 19 heavy (non-hydrogen) atoms. The van der Waals surface area contributed by atoms with Gasteiger partial charge < -0.3 is 0 Å². The second kappa shape index (κ2) is 5.10. The third kappa shape index (κ3) is 2.99. The van der Waals surface area contributed by atoms with Crippen LogP contribution in [0, 0.1) is 5.82 Å². The largest absolute Gasteiger partial charge is 0.274 e. The van der Waals surface area contributed by atoms with Crippen LogP contribution in [0.3, 0.4) is 0 Å². The monoisotopic (exact) mass is 283 g/mol. The van der Waals surface area contributed by atoms with Crippen LogP contribution in [0.1, 0.15) is 5.56 Å². The van der Waals surface area contributed by atoms with Crippen molar-refractivity contribution in [2.45, 2.75) is 11.4 Å². The minimum Gasteiger partial charge on any atom is -0.274 e. The summed E-state index contributed by atoms with van der Waals surface area (Å²) in [5.41, 5.74) is 0.593. The quantitative estimate of drug-likeness (QED) is 0.852. The van der Waals surface area contributed by atoms with Gasteiger partial charge in [0.2, 0.25) is 10.0 Å². The van der Waals surface area contributed by atoms with E-state index < -0.39 is 10.0 Å². The number of sulfonamides is 1. The Labute approximate surface area is 111 Å². The van der Waals surface area contributed by atoms with Crippen molar-refractivity contribution in [2.75, 3.05) is 7.05 Å². The van der Waals surface area contributed by atoms with Crippen LogP contribution < -0.4 is 0 Å². The molecule has 0 saturated heterocycles. The molecule has 5 nitrogen and oxygen atoms in total. The minimum absolute atomic E-state index is 0.106. The van der Waals surface area contributed by atoms with Gasteiger partial charge in [0.1, 0.15) is 10.7 Å². The number of aromatic nitrogens is 2. The maximum absolute atomic E-state index is 13.1. The Morgan fingerprint density at radius 2 is 2.16 bits per heavy atom. The molecule has 2 aromatic rings. The molecule has 102 valence electrons. The second-order valence-electron chi connectivity index (χ2n) is 4.24. The van der Waals surface area contributed by atoms with Gasteiger partial charge in [0.25, 0.3) is 0 Å². The van der Waals surface area contributed by atoms with Gasteiger partial charge in [-0.25, -0.2) is 12.8 Å². The van der Waals surface area contributed by atoms with Gasteiger partial charge in [0.05, 0.1) is 6.20 Å². The van der Waals surface area contributed by atoms with Crippen molar-refractivity contribution in [1.82, 2.24) is 14.1 Å². The highest BCUT2D eigenvalue weighted by atomic mass is 32.2. The minimum atomic E-state index is -3.60. The highest BCUT2D eigenvalue weighted by Gasteiger charge is 2.22. The third-order valence-electron chi connectivity index (χ3n) is 2.68. The predicted octanol–water partition coefficient (Wildman–Crippen LogP) is 1.38. The summed E-state index contributed by atoms with van der Waals surface area (Å²) in [7, 11) is -0.506. The van der Waals surface area contributed by atoms with E-state index in [0.717, 1.165) is 0 Å². The molecule has 0 N–H and O–H groups in total. The van der Waals surface area contributed by atoms with Crippen molar-refractivity contribution in [3.63, 3.8) is 0 Å². The van der Waals surface area contributed by atoms with Crippen LogP contribution in [0.4, 0.5) is 4.39 Å². The molecule has 1 aromatic heterocycles. The summed E-state index contributed by atoms with van der Waals surface area (Å²) >= 11 is 0. The third-order valence-corrected chi connectivity index (χ3v) is 4.44. The topological polar surface area (TPSA) is 55.2 Å². The van der Waals surface area contributed by atoms with E-state index in [2.05, 4.69) is 5.10 Å². The van der Waals surface area contributed by atoms with Crippen LogP contribution in [-0.2, 0) is 23.6 Å². The molecule has 0 radical (unpaired) electrons. The summed E-state index contributed by atoms with van der Waals surface area (Å²) in [5.74, 6) is -0.385. The molecule has 0 bridgehead atoms. The Bertz CT molecular complexity index is 682. The molecule has 1 aromatic carbocycles. The van der Waals surface area contributed by atoms with Crippen molar-refractivity contribution in [3.8, 4) is 0 Å². The maximum Gasteiger partial charge on any atom is 0.246 e. The normalized spacial score (nSPS) is 12.0. The van der Waals surface area contributed by atoms with Gasteiger partial charge in [-0.2, -0.15) is 9.40 Å². The van der Waals surface area contributed by atoms with E-state index in [9.17, 15) is 12.8 Å². The average molecular weight is 283 g/mol. The van der Waals surface area contributed by atoms with Gasteiger partial charge in [0, 0.05) is 26.8 Å². The summed E-state index contributed by atoms with van der Waals surface area (Å²) < 4.78 is 40.1. The first-order chi connectivity index (χ1) is 8.89. The summed E-state index contributed by atoms with van der Waals surface area (Å²) in [4.78, 5) is 0.119. The first-order valence-electron chi connectivity index (χ1n) is 5.59. The number of hydrogen-bond donors (Lipinski definition) is 0. The highest BCUT2D eigenvalue weighted by molar-refractivity contribution is 7.89. The first-order valence-corrected chi connectivity index (χ1v) is 7.03. The summed E-state index contributed by atoms with van der Waals surface area (Å²) in [6, 6.07) is 5.86. The maximum atomic E-state index is 13.1. The van der Waals surface area contributed by atoms with E-state index in [-0.39, 0.29) is 17.3 Å². The lowest BCUT2D eigenvalue weighted by atomic mass is 10.2. The predicted molar refractivity (Wildman–Crippen MR) is 68.3 cm³/mol. The lowest BCUT2D eigenvalue weighted by Gasteiger charge is -2.16. The fourth-order valence-corrected chi connectivity index (χ4v) is 2.83. The fourth-order valence-electron chi connectivity index (χ4n) is 1.69. The van der Waals surface area contributed by atoms with Gasteiger partial charge >= 0.3 is 0 Å². The van der Waals surface area contributed by atoms with Crippen molar-refractivity contribution in [2.24, 2.45) is 7.05 Å². The number of rotatable bonds is 4. The van der Waals surface area contributed by atoms with Crippen molar-refractivity contribution < 1.29 is 12.8 Å². The molecule has 0 saturated carbocycles. The zero-order valence-corrected chi connectivity index (χ0v) is 11.4. The Balaban J connectivity index is 2.22. The van der Waals surface area contributed by atoms with Crippen LogP contribution in [-0.4, -0.2) is 29.6 Å². The van der Waals surface area contributed by atoms with Crippen LogP contribution in [0.25, 0.3) is 0 Å². The van der Waals surface area contributed by atoms with Crippen LogP contribution in [0.2, 0.25) is 0 Å².